The van der Waals surface area contributed by atoms with E-state index >= 15 is 0 Å². The zero-order valence-electron chi connectivity index (χ0n) is 15.2. The standard InChI is InChI=1S/C18H31N5O/c1-4-6-8-11-20-15(5-2)22-18-17(14(3)19)21-13-23(18)16-10-7-9-12-24-16/h5,13,16,19-20,22H,4,6-12H2,1-3H3/b15-5-,19-14?. The Balaban J connectivity index is 2.13. The highest BCUT2D eigenvalue weighted by Gasteiger charge is 2.22. The predicted octanol–water partition coefficient (Wildman–Crippen LogP) is 4.02. The first-order chi connectivity index (χ1) is 11.7. The molecule has 1 saturated heterocycles. The zero-order valence-corrected chi connectivity index (χ0v) is 15.2. The van der Waals surface area contributed by atoms with Crippen molar-refractivity contribution in [2.75, 3.05) is 18.5 Å². The number of imidazole rings is 1. The summed E-state index contributed by atoms with van der Waals surface area (Å²) in [5.41, 5.74) is 1.13. The molecule has 1 unspecified atom stereocenters. The fraction of sp³-hybridized carbons (Fsp3) is 0.667. The molecule has 24 heavy (non-hydrogen) atoms. The van der Waals surface area contributed by atoms with E-state index in [1.807, 2.05) is 17.6 Å². The summed E-state index contributed by atoms with van der Waals surface area (Å²) in [6.07, 6.45) is 10.7. The SMILES string of the molecule is C/C=C(/NCCCCC)Nc1c(C(C)=N)ncn1C1CCCCO1. The largest absolute Gasteiger partial charge is 0.372 e. The summed E-state index contributed by atoms with van der Waals surface area (Å²) in [6, 6.07) is 0. The zero-order chi connectivity index (χ0) is 17.4. The molecule has 0 aromatic carbocycles. The van der Waals surface area contributed by atoms with Gasteiger partial charge in [-0.25, -0.2) is 4.98 Å². The first kappa shape index (κ1) is 18.5. The maximum absolute atomic E-state index is 8.00. The van der Waals surface area contributed by atoms with Crippen LogP contribution >= 0.6 is 0 Å². The van der Waals surface area contributed by atoms with Crippen LogP contribution in [0.4, 0.5) is 5.82 Å². The molecule has 3 N–H and O–H groups in total. The molecule has 0 spiro atoms. The van der Waals surface area contributed by atoms with E-state index in [4.69, 9.17) is 10.1 Å². The first-order valence-electron chi connectivity index (χ1n) is 9.08. The van der Waals surface area contributed by atoms with E-state index < -0.39 is 0 Å². The van der Waals surface area contributed by atoms with Crippen LogP contribution in [0.2, 0.25) is 0 Å². The Kier molecular flexibility index (Phi) is 7.31. The quantitative estimate of drug-likeness (QED) is 0.471. The second kappa shape index (κ2) is 9.47. The first-order valence-corrected chi connectivity index (χ1v) is 9.08. The summed E-state index contributed by atoms with van der Waals surface area (Å²) in [5.74, 6) is 1.79. The Morgan fingerprint density at radius 2 is 2.29 bits per heavy atom. The van der Waals surface area contributed by atoms with Crippen LogP contribution in [0.3, 0.4) is 0 Å². The summed E-state index contributed by atoms with van der Waals surface area (Å²) < 4.78 is 7.93. The van der Waals surface area contributed by atoms with Crippen LogP contribution in [0.15, 0.2) is 18.2 Å². The molecule has 1 aromatic rings. The minimum atomic E-state index is 0.0000440. The van der Waals surface area contributed by atoms with Gasteiger partial charge in [0.05, 0.1) is 17.9 Å². The topological polar surface area (TPSA) is 75.0 Å². The van der Waals surface area contributed by atoms with Gasteiger partial charge in [-0.2, -0.15) is 0 Å². The number of unbranched alkanes of at least 4 members (excludes halogenated alkanes) is 2. The number of nitrogens with one attached hydrogen (secondary N) is 3. The molecule has 0 saturated carbocycles. The lowest BCUT2D eigenvalue weighted by Crippen LogP contribution is -2.25. The van der Waals surface area contributed by atoms with Gasteiger partial charge >= 0.3 is 0 Å². The molecule has 134 valence electrons. The van der Waals surface area contributed by atoms with Gasteiger partial charge in [0.1, 0.15) is 17.7 Å². The third kappa shape index (κ3) is 4.84. The smallest absolute Gasteiger partial charge is 0.143 e. The van der Waals surface area contributed by atoms with Crippen LogP contribution in [-0.2, 0) is 4.74 Å². The van der Waals surface area contributed by atoms with Gasteiger partial charge in [0, 0.05) is 13.2 Å². The molecule has 1 aliphatic heterocycles. The van der Waals surface area contributed by atoms with Crippen molar-refractivity contribution in [3.8, 4) is 0 Å². The molecule has 0 bridgehead atoms. The molecule has 0 amide bonds. The number of hydrogen-bond donors (Lipinski definition) is 3. The average Bonchev–Trinajstić information content (AvgIpc) is 3.02. The van der Waals surface area contributed by atoms with Gasteiger partial charge in [-0.1, -0.05) is 19.8 Å². The van der Waals surface area contributed by atoms with Crippen LogP contribution < -0.4 is 10.6 Å². The summed E-state index contributed by atoms with van der Waals surface area (Å²) in [5, 5.41) is 14.9. The maximum Gasteiger partial charge on any atom is 0.143 e. The van der Waals surface area contributed by atoms with E-state index in [0.717, 1.165) is 50.5 Å². The Morgan fingerprint density at radius 1 is 1.46 bits per heavy atom. The number of allylic oxidation sites excluding steroid dienone is 1. The van der Waals surface area contributed by atoms with Crippen LogP contribution in [0.25, 0.3) is 0 Å². The van der Waals surface area contributed by atoms with E-state index in [1.165, 1.54) is 12.8 Å². The number of ether oxygens (including phenoxy) is 1. The maximum atomic E-state index is 8.00. The van der Waals surface area contributed by atoms with Crippen molar-refractivity contribution in [3.63, 3.8) is 0 Å². The molecule has 0 aliphatic carbocycles. The summed E-state index contributed by atoms with van der Waals surface area (Å²) in [4.78, 5) is 4.43. The second-order valence-electron chi connectivity index (χ2n) is 6.26. The van der Waals surface area contributed by atoms with Crippen molar-refractivity contribution in [1.29, 1.82) is 5.41 Å². The van der Waals surface area contributed by atoms with Gasteiger partial charge in [0.25, 0.3) is 0 Å². The Morgan fingerprint density at radius 3 is 2.92 bits per heavy atom. The van der Waals surface area contributed by atoms with Crippen molar-refractivity contribution in [3.05, 3.63) is 23.9 Å². The summed E-state index contributed by atoms with van der Waals surface area (Å²) >= 11 is 0. The van der Waals surface area contributed by atoms with Crippen molar-refractivity contribution in [2.45, 2.75) is 65.5 Å². The molecule has 1 fully saturated rings. The third-order valence-electron chi connectivity index (χ3n) is 4.25. The van der Waals surface area contributed by atoms with Gasteiger partial charge in [-0.3, -0.25) is 4.57 Å². The molecule has 6 nitrogen and oxygen atoms in total. The van der Waals surface area contributed by atoms with Crippen LogP contribution in [0.5, 0.6) is 0 Å². The Hall–Kier alpha value is -1.82. The molecule has 2 heterocycles. The minimum Gasteiger partial charge on any atom is -0.372 e. The highest BCUT2D eigenvalue weighted by Crippen LogP contribution is 2.28. The monoisotopic (exact) mass is 333 g/mol. The van der Waals surface area contributed by atoms with Gasteiger partial charge in [-0.15, -0.1) is 0 Å². The van der Waals surface area contributed by atoms with E-state index in [0.29, 0.717) is 11.4 Å². The van der Waals surface area contributed by atoms with E-state index in [-0.39, 0.29) is 6.23 Å². The second-order valence-corrected chi connectivity index (χ2v) is 6.26. The number of hydrogen-bond acceptors (Lipinski definition) is 5. The molecule has 1 aromatic heterocycles. The van der Waals surface area contributed by atoms with Crippen LogP contribution in [0, 0.1) is 5.41 Å². The lowest BCUT2D eigenvalue weighted by molar-refractivity contribution is -0.0307. The molecule has 1 atom stereocenters. The molecular weight excluding hydrogens is 302 g/mol. The normalized spacial score (nSPS) is 18.5. The van der Waals surface area contributed by atoms with Gasteiger partial charge in [0.2, 0.25) is 0 Å². The molecular formula is C18H31N5O. The number of nitrogens with zero attached hydrogens (tertiary/aromatic N) is 2. The van der Waals surface area contributed by atoms with Gasteiger partial charge < -0.3 is 20.8 Å². The van der Waals surface area contributed by atoms with Gasteiger partial charge in [0.15, 0.2) is 0 Å². The Bertz CT molecular complexity index is 558. The third-order valence-corrected chi connectivity index (χ3v) is 4.25. The fourth-order valence-corrected chi connectivity index (χ4v) is 2.86. The van der Waals surface area contributed by atoms with Crippen molar-refractivity contribution in [1.82, 2.24) is 14.9 Å². The van der Waals surface area contributed by atoms with Crippen molar-refractivity contribution >= 4 is 11.5 Å². The van der Waals surface area contributed by atoms with Crippen molar-refractivity contribution in [2.24, 2.45) is 0 Å². The molecule has 1 aliphatic rings. The van der Waals surface area contributed by atoms with E-state index in [2.05, 4.69) is 22.5 Å². The summed E-state index contributed by atoms with van der Waals surface area (Å²) in [7, 11) is 0. The fourth-order valence-electron chi connectivity index (χ4n) is 2.86. The van der Waals surface area contributed by atoms with Crippen LogP contribution in [-0.4, -0.2) is 28.4 Å². The number of aromatic nitrogens is 2. The number of rotatable bonds is 9. The predicted molar refractivity (Wildman–Crippen MR) is 98.5 cm³/mol. The van der Waals surface area contributed by atoms with E-state index in [9.17, 15) is 0 Å². The van der Waals surface area contributed by atoms with Crippen molar-refractivity contribution < 1.29 is 4.74 Å². The molecule has 6 heteroatoms. The lowest BCUT2D eigenvalue weighted by atomic mass is 10.2. The average molecular weight is 333 g/mol. The number of anilines is 1. The summed E-state index contributed by atoms with van der Waals surface area (Å²) in [6.45, 7) is 7.70. The Labute approximate surface area is 145 Å². The highest BCUT2D eigenvalue weighted by atomic mass is 16.5. The molecule has 2 rings (SSSR count). The highest BCUT2D eigenvalue weighted by molar-refractivity contribution is 5.99. The van der Waals surface area contributed by atoms with Crippen LogP contribution in [0.1, 0.15) is 71.2 Å². The minimum absolute atomic E-state index is 0.0000440. The van der Waals surface area contributed by atoms with E-state index in [1.54, 1.807) is 13.3 Å². The molecule has 0 radical (unpaired) electrons. The van der Waals surface area contributed by atoms with Gasteiger partial charge in [-0.05, 0) is 45.6 Å². The lowest BCUT2D eigenvalue weighted by Gasteiger charge is -2.26.